The molecule has 1 aliphatic carbocycles. The maximum Gasteiger partial charge on any atom is 0.240 e. The van der Waals surface area contributed by atoms with Gasteiger partial charge in [0, 0.05) is 48.5 Å². The number of sulfonamides is 1. The summed E-state index contributed by atoms with van der Waals surface area (Å²) in [6, 6.07) is 15.6. The molecule has 2 fully saturated rings. The summed E-state index contributed by atoms with van der Waals surface area (Å²) >= 11 is 5.93. The van der Waals surface area contributed by atoms with E-state index in [1.807, 2.05) is 0 Å². The Bertz CT molecular complexity index is 996. The number of aryl methyl sites for hydroxylation is 1. The Morgan fingerprint density at radius 2 is 1.77 bits per heavy atom. The van der Waals surface area contributed by atoms with Crippen LogP contribution in [0.1, 0.15) is 38.2 Å². The zero-order valence-corrected chi connectivity index (χ0v) is 19.9. The summed E-state index contributed by atoms with van der Waals surface area (Å²) in [5.41, 5.74) is 2.55. The molecule has 0 bridgehead atoms. The lowest BCUT2D eigenvalue weighted by atomic mass is 9.89. The third kappa shape index (κ3) is 5.25. The summed E-state index contributed by atoms with van der Waals surface area (Å²) in [4.78, 5) is 5.25. The van der Waals surface area contributed by atoms with Gasteiger partial charge in [0.25, 0.3) is 0 Å². The molecule has 3 atom stereocenters. The number of benzene rings is 2. The second kappa shape index (κ2) is 9.49. The van der Waals surface area contributed by atoms with Crippen LogP contribution in [-0.2, 0) is 10.0 Å². The van der Waals surface area contributed by atoms with Crippen molar-refractivity contribution in [1.29, 1.82) is 0 Å². The first-order valence-corrected chi connectivity index (χ1v) is 13.0. The molecule has 5 nitrogen and oxygen atoms in total. The standard InChI is InChI=1S/C24H32ClN3O2S/c1-18-6-5-7-21(16-18)28-15-14-27(17-19(28)2)24-9-4-3-8-23(24)26-31(29,30)22-12-10-20(25)11-13-22/h5-7,10-13,16,19,23-24,26H,3-4,8-9,14-15,17H2,1-2H3/t19-,23+,24+/m0/s1. The Morgan fingerprint density at radius 3 is 2.48 bits per heavy atom. The molecule has 1 saturated heterocycles. The van der Waals surface area contributed by atoms with E-state index in [4.69, 9.17) is 11.6 Å². The molecule has 4 rings (SSSR count). The van der Waals surface area contributed by atoms with E-state index in [0.29, 0.717) is 11.1 Å². The second-order valence-corrected chi connectivity index (χ2v) is 11.1. The molecule has 7 heteroatoms. The highest BCUT2D eigenvalue weighted by atomic mass is 35.5. The van der Waals surface area contributed by atoms with E-state index in [0.717, 1.165) is 45.3 Å². The van der Waals surface area contributed by atoms with Crippen LogP contribution in [0.2, 0.25) is 5.02 Å². The van der Waals surface area contributed by atoms with E-state index >= 15 is 0 Å². The van der Waals surface area contributed by atoms with Crippen LogP contribution in [0, 0.1) is 6.92 Å². The third-order valence-corrected chi connectivity index (χ3v) is 8.38. The fraction of sp³-hybridized carbons (Fsp3) is 0.500. The van der Waals surface area contributed by atoms with E-state index in [9.17, 15) is 8.42 Å². The van der Waals surface area contributed by atoms with Crippen LogP contribution < -0.4 is 9.62 Å². The first-order chi connectivity index (χ1) is 14.8. The average molecular weight is 462 g/mol. The maximum absolute atomic E-state index is 13.0. The van der Waals surface area contributed by atoms with Crippen molar-refractivity contribution in [3.8, 4) is 0 Å². The lowest BCUT2D eigenvalue weighted by Gasteiger charge is -2.47. The number of piperazine rings is 1. The molecule has 168 valence electrons. The number of hydrogen-bond donors (Lipinski definition) is 1. The number of nitrogens with zero attached hydrogens (tertiary/aromatic N) is 2. The van der Waals surface area contributed by atoms with Crippen molar-refractivity contribution >= 4 is 27.3 Å². The zero-order valence-electron chi connectivity index (χ0n) is 18.3. The van der Waals surface area contributed by atoms with Crippen molar-refractivity contribution in [2.24, 2.45) is 0 Å². The van der Waals surface area contributed by atoms with Crippen LogP contribution in [0.25, 0.3) is 0 Å². The molecule has 2 aromatic rings. The topological polar surface area (TPSA) is 52.6 Å². The van der Waals surface area contributed by atoms with Gasteiger partial charge < -0.3 is 4.90 Å². The minimum absolute atomic E-state index is 0.0628. The van der Waals surface area contributed by atoms with Crippen molar-refractivity contribution in [3.05, 3.63) is 59.1 Å². The van der Waals surface area contributed by atoms with Crippen LogP contribution in [0.3, 0.4) is 0 Å². The molecule has 0 spiro atoms. The van der Waals surface area contributed by atoms with Gasteiger partial charge in [-0.05, 0) is 68.7 Å². The number of anilines is 1. The number of rotatable bonds is 5. The first-order valence-electron chi connectivity index (χ1n) is 11.2. The molecule has 1 saturated carbocycles. The van der Waals surface area contributed by atoms with Gasteiger partial charge in [0.2, 0.25) is 10.0 Å². The molecule has 1 heterocycles. The summed E-state index contributed by atoms with van der Waals surface area (Å²) in [6.45, 7) is 7.24. The van der Waals surface area contributed by atoms with Crippen molar-refractivity contribution in [3.63, 3.8) is 0 Å². The van der Waals surface area contributed by atoms with Crippen molar-refractivity contribution in [2.75, 3.05) is 24.5 Å². The summed E-state index contributed by atoms with van der Waals surface area (Å²) in [5.74, 6) is 0. The first kappa shape index (κ1) is 22.6. The van der Waals surface area contributed by atoms with Crippen LogP contribution in [0.15, 0.2) is 53.4 Å². The predicted molar refractivity (Wildman–Crippen MR) is 127 cm³/mol. The van der Waals surface area contributed by atoms with E-state index in [2.05, 4.69) is 52.6 Å². The van der Waals surface area contributed by atoms with Crippen LogP contribution in [-0.4, -0.2) is 51.1 Å². The fourth-order valence-electron chi connectivity index (χ4n) is 5.04. The lowest BCUT2D eigenvalue weighted by molar-refractivity contribution is 0.110. The summed E-state index contributed by atoms with van der Waals surface area (Å²) in [6.07, 6.45) is 4.12. The smallest absolute Gasteiger partial charge is 0.240 e. The van der Waals surface area contributed by atoms with Gasteiger partial charge in [-0.25, -0.2) is 13.1 Å². The van der Waals surface area contributed by atoms with Gasteiger partial charge in [-0.2, -0.15) is 0 Å². The van der Waals surface area contributed by atoms with Crippen molar-refractivity contribution in [2.45, 2.75) is 62.6 Å². The number of nitrogens with one attached hydrogen (secondary N) is 1. The molecule has 0 aromatic heterocycles. The molecule has 2 aliphatic rings. The van der Waals surface area contributed by atoms with Crippen LogP contribution in [0.5, 0.6) is 0 Å². The Labute approximate surface area is 191 Å². The maximum atomic E-state index is 13.0. The monoisotopic (exact) mass is 461 g/mol. The minimum Gasteiger partial charge on any atom is -0.366 e. The normalized spacial score (nSPS) is 25.5. The highest BCUT2D eigenvalue weighted by molar-refractivity contribution is 7.89. The molecule has 2 aromatic carbocycles. The molecule has 0 amide bonds. The minimum atomic E-state index is -3.57. The molecular weight excluding hydrogens is 430 g/mol. The average Bonchev–Trinajstić information content (AvgIpc) is 2.74. The molecule has 31 heavy (non-hydrogen) atoms. The second-order valence-electron chi connectivity index (χ2n) is 8.91. The molecule has 1 N–H and O–H groups in total. The highest BCUT2D eigenvalue weighted by Gasteiger charge is 2.36. The van der Waals surface area contributed by atoms with Crippen molar-refractivity contribution in [1.82, 2.24) is 9.62 Å². The van der Waals surface area contributed by atoms with Gasteiger partial charge in [0.1, 0.15) is 0 Å². The molecular formula is C24H32ClN3O2S. The Balaban J connectivity index is 1.46. The largest absolute Gasteiger partial charge is 0.366 e. The van der Waals surface area contributed by atoms with E-state index in [1.54, 1.807) is 24.3 Å². The summed E-state index contributed by atoms with van der Waals surface area (Å²) in [5, 5.41) is 0.537. The van der Waals surface area contributed by atoms with Gasteiger partial charge in [-0.15, -0.1) is 0 Å². The highest BCUT2D eigenvalue weighted by Crippen LogP contribution is 2.29. The predicted octanol–water partition coefficient (Wildman–Crippen LogP) is 4.45. The van der Waals surface area contributed by atoms with Crippen LogP contribution in [0.4, 0.5) is 5.69 Å². The molecule has 0 unspecified atom stereocenters. The van der Waals surface area contributed by atoms with Gasteiger partial charge in [0.05, 0.1) is 4.90 Å². The van der Waals surface area contributed by atoms with Gasteiger partial charge in [-0.1, -0.05) is 36.6 Å². The Hall–Kier alpha value is -1.60. The van der Waals surface area contributed by atoms with E-state index in [1.165, 1.54) is 11.3 Å². The van der Waals surface area contributed by atoms with Gasteiger partial charge in [0.15, 0.2) is 0 Å². The van der Waals surface area contributed by atoms with Crippen LogP contribution >= 0.6 is 11.6 Å². The quantitative estimate of drug-likeness (QED) is 0.714. The third-order valence-electron chi connectivity index (χ3n) is 6.62. The summed E-state index contributed by atoms with van der Waals surface area (Å²) < 4.78 is 29.0. The van der Waals surface area contributed by atoms with E-state index in [-0.39, 0.29) is 17.0 Å². The van der Waals surface area contributed by atoms with Gasteiger partial charge in [-0.3, -0.25) is 4.90 Å². The number of halogens is 1. The SMILES string of the molecule is Cc1cccc(N2CCN([C@@H]3CCCC[C@H]3NS(=O)(=O)c3ccc(Cl)cc3)C[C@@H]2C)c1. The Morgan fingerprint density at radius 1 is 1.03 bits per heavy atom. The number of hydrogen-bond acceptors (Lipinski definition) is 4. The lowest BCUT2D eigenvalue weighted by Crippen LogP contribution is -2.60. The molecule has 1 aliphatic heterocycles. The summed E-state index contributed by atoms with van der Waals surface area (Å²) in [7, 11) is -3.57. The van der Waals surface area contributed by atoms with Crippen molar-refractivity contribution < 1.29 is 8.42 Å². The van der Waals surface area contributed by atoms with E-state index < -0.39 is 10.0 Å². The van der Waals surface area contributed by atoms with Gasteiger partial charge >= 0.3 is 0 Å². The Kier molecular flexibility index (Phi) is 6.92. The fourth-order valence-corrected chi connectivity index (χ4v) is 6.47. The zero-order chi connectivity index (χ0) is 22.0. The molecule has 0 radical (unpaired) electrons.